The van der Waals surface area contributed by atoms with Crippen molar-refractivity contribution in [2.45, 2.75) is 17.6 Å². The van der Waals surface area contributed by atoms with Gasteiger partial charge in [0.1, 0.15) is 0 Å². The van der Waals surface area contributed by atoms with E-state index < -0.39 is 0 Å². The summed E-state index contributed by atoms with van der Waals surface area (Å²) in [4.78, 5) is 12.4. The molecule has 2 aromatic carbocycles. The first-order valence-electron chi connectivity index (χ1n) is 6.02. The number of ketones is 1. The largest absolute Gasteiger partial charge is 0.294 e. The third kappa shape index (κ3) is 3.63. The Morgan fingerprint density at radius 3 is 2.55 bits per heavy atom. The molecule has 0 fully saturated rings. The van der Waals surface area contributed by atoms with Gasteiger partial charge in [-0.05, 0) is 42.8 Å². The molecule has 0 radical (unpaired) electrons. The first kappa shape index (κ1) is 14.6. The summed E-state index contributed by atoms with van der Waals surface area (Å²) in [6.45, 7) is 1.54. The molecule has 0 saturated heterocycles. The lowest BCUT2D eigenvalue weighted by Gasteiger charge is -2.07. The van der Waals surface area contributed by atoms with E-state index in [4.69, 9.17) is 16.9 Å². The molecule has 2 rings (SSSR count). The van der Waals surface area contributed by atoms with Crippen molar-refractivity contribution < 1.29 is 4.79 Å². The lowest BCUT2D eigenvalue weighted by Crippen LogP contribution is -1.96. The fraction of sp³-hybridized carbons (Fsp3) is 0.125. The van der Waals surface area contributed by atoms with Crippen LogP contribution in [-0.2, 0) is 5.75 Å². The second-order valence-corrected chi connectivity index (χ2v) is 5.75. The smallest absolute Gasteiger partial charge is 0.160 e. The van der Waals surface area contributed by atoms with Crippen LogP contribution in [-0.4, -0.2) is 5.78 Å². The summed E-state index contributed by atoms with van der Waals surface area (Å²) in [5.74, 6) is 0.736. The zero-order valence-corrected chi connectivity index (χ0v) is 12.5. The van der Waals surface area contributed by atoms with Crippen molar-refractivity contribution >= 4 is 29.1 Å². The number of benzene rings is 2. The summed E-state index contributed by atoms with van der Waals surface area (Å²) < 4.78 is 0. The molecular formula is C16H12ClNOS. The molecule has 4 heteroatoms. The lowest BCUT2D eigenvalue weighted by molar-refractivity contribution is 0.101. The van der Waals surface area contributed by atoms with Crippen LogP contribution in [0.2, 0.25) is 5.02 Å². The van der Waals surface area contributed by atoms with Crippen LogP contribution in [0.1, 0.15) is 28.4 Å². The Morgan fingerprint density at radius 1 is 1.25 bits per heavy atom. The molecule has 0 spiro atoms. The highest BCUT2D eigenvalue weighted by Gasteiger charge is 2.09. The van der Waals surface area contributed by atoms with Crippen molar-refractivity contribution in [1.82, 2.24) is 0 Å². The number of Topliss-reactive ketones (excluding diaryl/α,β-unsaturated/α-hetero) is 1. The average Bonchev–Trinajstić information content (AvgIpc) is 2.46. The molecule has 0 saturated carbocycles. The Bertz CT molecular complexity index is 674. The molecule has 2 nitrogen and oxygen atoms in total. The Morgan fingerprint density at radius 2 is 1.95 bits per heavy atom. The molecular weight excluding hydrogens is 290 g/mol. The maximum atomic E-state index is 11.6. The molecule has 2 aromatic rings. The van der Waals surface area contributed by atoms with E-state index in [0.29, 0.717) is 16.1 Å². The van der Waals surface area contributed by atoms with Gasteiger partial charge in [-0.2, -0.15) is 5.26 Å². The van der Waals surface area contributed by atoms with Gasteiger partial charge in [-0.25, -0.2) is 0 Å². The molecule has 0 heterocycles. The molecule has 0 atom stereocenters. The average molecular weight is 302 g/mol. The monoisotopic (exact) mass is 301 g/mol. The minimum Gasteiger partial charge on any atom is -0.294 e. The van der Waals surface area contributed by atoms with Crippen LogP contribution in [0.15, 0.2) is 47.4 Å². The second kappa shape index (κ2) is 6.60. The fourth-order valence-electron chi connectivity index (χ4n) is 1.74. The number of carbonyl (C=O) groups is 1. The van der Waals surface area contributed by atoms with Crippen LogP contribution in [0.3, 0.4) is 0 Å². The number of nitriles is 1. The molecule has 0 aliphatic carbocycles. The van der Waals surface area contributed by atoms with Crippen molar-refractivity contribution in [1.29, 1.82) is 5.26 Å². The molecule has 20 heavy (non-hydrogen) atoms. The molecule has 0 aliphatic heterocycles. The van der Waals surface area contributed by atoms with Gasteiger partial charge in [0, 0.05) is 21.2 Å². The number of hydrogen-bond acceptors (Lipinski definition) is 3. The van der Waals surface area contributed by atoms with Crippen molar-refractivity contribution in [3.63, 3.8) is 0 Å². The third-order valence-corrected chi connectivity index (χ3v) is 4.18. The van der Waals surface area contributed by atoms with E-state index in [1.807, 2.05) is 24.3 Å². The highest BCUT2D eigenvalue weighted by atomic mass is 35.5. The Balaban J connectivity index is 2.21. The lowest BCUT2D eigenvalue weighted by atomic mass is 10.1. The van der Waals surface area contributed by atoms with E-state index in [1.54, 1.807) is 30.0 Å². The van der Waals surface area contributed by atoms with E-state index in [2.05, 4.69) is 6.07 Å². The van der Waals surface area contributed by atoms with E-state index >= 15 is 0 Å². The van der Waals surface area contributed by atoms with Crippen molar-refractivity contribution in [3.05, 3.63) is 64.2 Å². The topological polar surface area (TPSA) is 40.9 Å². The van der Waals surface area contributed by atoms with Crippen LogP contribution in [0, 0.1) is 11.3 Å². The Kier molecular flexibility index (Phi) is 4.84. The summed E-state index contributed by atoms with van der Waals surface area (Å²) in [6.07, 6.45) is 0. The molecule has 0 bridgehead atoms. The predicted octanol–water partition coefficient (Wildman–Crippen LogP) is 4.71. The number of halogens is 1. The highest BCUT2D eigenvalue weighted by Crippen LogP contribution is 2.28. The molecule has 100 valence electrons. The number of carbonyl (C=O) groups excluding carboxylic acids is 1. The second-order valence-electron chi connectivity index (χ2n) is 4.29. The van der Waals surface area contributed by atoms with Crippen LogP contribution in [0.25, 0.3) is 0 Å². The third-order valence-electron chi connectivity index (χ3n) is 2.80. The summed E-state index contributed by atoms with van der Waals surface area (Å²) >= 11 is 7.40. The first-order valence-corrected chi connectivity index (χ1v) is 7.39. The van der Waals surface area contributed by atoms with E-state index in [1.165, 1.54) is 6.92 Å². The van der Waals surface area contributed by atoms with Gasteiger partial charge in [0.15, 0.2) is 5.78 Å². The molecule has 0 aliphatic rings. The van der Waals surface area contributed by atoms with Crippen molar-refractivity contribution in [2.75, 3.05) is 0 Å². The van der Waals surface area contributed by atoms with Gasteiger partial charge >= 0.3 is 0 Å². The summed E-state index contributed by atoms with van der Waals surface area (Å²) in [6, 6.07) is 14.8. The number of nitrogens with zero attached hydrogens (tertiary/aromatic N) is 1. The minimum absolute atomic E-state index is 0.00750. The summed E-state index contributed by atoms with van der Waals surface area (Å²) in [5.41, 5.74) is 2.34. The quantitative estimate of drug-likeness (QED) is 0.607. The van der Waals surface area contributed by atoms with Crippen LogP contribution in [0.4, 0.5) is 0 Å². The fourth-order valence-corrected chi connectivity index (χ4v) is 2.96. The van der Waals surface area contributed by atoms with Crippen molar-refractivity contribution in [2.24, 2.45) is 0 Å². The summed E-state index contributed by atoms with van der Waals surface area (Å²) in [7, 11) is 0. The van der Waals surface area contributed by atoms with Gasteiger partial charge in [0.25, 0.3) is 0 Å². The van der Waals surface area contributed by atoms with Gasteiger partial charge in [-0.15, -0.1) is 11.8 Å². The minimum atomic E-state index is 0.00750. The first-order chi connectivity index (χ1) is 9.60. The SMILES string of the molecule is CC(=O)c1ccc(C#N)cc1SCc1ccc(Cl)cc1. The van der Waals surface area contributed by atoms with Gasteiger partial charge in [0.05, 0.1) is 11.6 Å². The standard InChI is InChI=1S/C16H12ClNOS/c1-11(19)15-7-4-13(9-18)8-16(15)20-10-12-2-5-14(17)6-3-12/h2-8H,10H2,1H3. The molecule has 0 aromatic heterocycles. The number of rotatable bonds is 4. The van der Waals surface area contributed by atoms with Crippen LogP contribution in [0.5, 0.6) is 0 Å². The van der Waals surface area contributed by atoms with Gasteiger partial charge in [-0.1, -0.05) is 23.7 Å². The maximum Gasteiger partial charge on any atom is 0.160 e. The van der Waals surface area contributed by atoms with E-state index in [9.17, 15) is 4.79 Å². The Hall–Kier alpha value is -1.76. The molecule has 0 unspecified atom stereocenters. The molecule has 0 amide bonds. The Labute approximate surface area is 127 Å². The normalized spacial score (nSPS) is 10.1. The van der Waals surface area contributed by atoms with Gasteiger partial charge in [-0.3, -0.25) is 4.79 Å². The van der Waals surface area contributed by atoms with E-state index in [-0.39, 0.29) is 5.78 Å². The van der Waals surface area contributed by atoms with Crippen LogP contribution >= 0.6 is 23.4 Å². The zero-order chi connectivity index (χ0) is 14.5. The summed E-state index contributed by atoms with van der Waals surface area (Å²) in [5, 5.41) is 9.65. The van der Waals surface area contributed by atoms with Crippen molar-refractivity contribution in [3.8, 4) is 6.07 Å². The van der Waals surface area contributed by atoms with Gasteiger partial charge < -0.3 is 0 Å². The van der Waals surface area contributed by atoms with E-state index in [0.717, 1.165) is 16.2 Å². The van der Waals surface area contributed by atoms with Gasteiger partial charge in [0.2, 0.25) is 0 Å². The zero-order valence-electron chi connectivity index (χ0n) is 10.9. The highest BCUT2D eigenvalue weighted by molar-refractivity contribution is 7.98. The van der Waals surface area contributed by atoms with Crippen LogP contribution < -0.4 is 0 Å². The predicted molar refractivity (Wildman–Crippen MR) is 82.2 cm³/mol. The molecule has 0 N–H and O–H groups in total. The number of hydrogen-bond donors (Lipinski definition) is 0. The maximum absolute atomic E-state index is 11.6. The number of thioether (sulfide) groups is 1.